The van der Waals surface area contributed by atoms with Crippen molar-refractivity contribution in [3.05, 3.63) is 0 Å². The van der Waals surface area contributed by atoms with Crippen LogP contribution in [0.4, 0.5) is 13.2 Å². The molecule has 1 atom stereocenters. The highest BCUT2D eigenvalue weighted by Gasteiger charge is 2.38. The Bertz CT molecular complexity index is 155. The first-order chi connectivity index (χ1) is 5.21. The molecule has 0 aromatic rings. The number of hydrogen-bond donors (Lipinski definition) is 2. The summed E-state index contributed by atoms with van der Waals surface area (Å²) < 4.78 is 31.7. The Kier molecular flexibility index (Phi) is 6.21. The Morgan fingerprint density at radius 2 is 1.75 bits per heavy atom. The number of rotatable bonds is 1. The van der Waals surface area contributed by atoms with Crippen molar-refractivity contribution in [3.8, 4) is 0 Å². The molecule has 0 aliphatic heterocycles. The standard InChI is InChI=1S/C3H7NO.C2HF3O2/c1-3(4)2-5;3-2(4,5)1(6)7/h2-3H,4H2,1H3;(H,6,7). The predicted octanol–water partition coefficient (Wildman–Crippen LogP) is 0.166. The third-order valence-corrected chi connectivity index (χ3v) is 0.457. The SMILES string of the molecule is CC(N)C=O.O=C(O)C(F)(F)F. The van der Waals surface area contributed by atoms with Crippen molar-refractivity contribution in [2.24, 2.45) is 5.73 Å². The second-order valence-corrected chi connectivity index (χ2v) is 1.80. The minimum Gasteiger partial charge on any atom is -0.475 e. The molecule has 72 valence electrons. The van der Waals surface area contributed by atoms with Crippen molar-refractivity contribution in [3.63, 3.8) is 0 Å². The van der Waals surface area contributed by atoms with Crippen LogP contribution in [0.3, 0.4) is 0 Å². The summed E-state index contributed by atoms with van der Waals surface area (Å²) in [6.45, 7) is 1.63. The molecule has 0 radical (unpaired) electrons. The Hall–Kier alpha value is -1.11. The number of carbonyl (C=O) groups excluding carboxylic acids is 1. The molecule has 0 aromatic carbocycles. The lowest BCUT2D eigenvalue weighted by Crippen LogP contribution is -2.21. The number of alkyl halides is 3. The van der Waals surface area contributed by atoms with E-state index in [0.29, 0.717) is 6.29 Å². The van der Waals surface area contributed by atoms with Gasteiger partial charge in [0.25, 0.3) is 0 Å². The predicted molar refractivity (Wildman–Crippen MR) is 33.4 cm³/mol. The summed E-state index contributed by atoms with van der Waals surface area (Å²) in [6, 6.07) is -0.296. The summed E-state index contributed by atoms with van der Waals surface area (Å²) in [5.74, 6) is -2.76. The van der Waals surface area contributed by atoms with Gasteiger partial charge in [-0.15, -0.1) is 0 Å². The molecule has 4 nitrogen and oxygen atoms in total. The summed E-state index contributed by atoms with van der Waals surface area (Å²) in [6.07, 6.45) is -4.39. The van der Waals surface area contributed by atoms with Crippen LogP contribution in [0.5, 0.6) is 0 Å². The third kappa shape index (κ3) is 11.7. The van der Waals surface area contributed by atoms with E-state index in [-0.39, 0.29) is 6.04 Å². The van der Waals surface area contributed by atoms with Crippen LogP contribution in [0.2, 0.25) is 0 Å². The molecule has 0 amide bonds. The fourth-order valence-electron chi connectivity index (χ4n) is 0. The summed E-state index contributed by atoms with van der Waals surface area (Å²) in [4.78, 5) is 18.3. The van der Waals surface area contributed by atoms with Crippen molar-refractivity contribution >= 4 is 12.3 Å². The van der Waals surface area contributed by atoms with Crippen molar-refractivity contribution in [1.29, 1.82) is 0 Å². The smallest absolute Gasteiger partial charge is 0.475 e. The maximum absolute atomic E-state index is 10.6. The minimum absolute atomic E-state index is 0.296. The van der Waals surface area contributed by atoms with E-state index in [9.17, 15) is 18.0 Å². The number of nitrogens with two attached hydrogens (primary N) is 1. The first kappa shape index (κ1) is 13.5. The molecule has 0 bridgehead atoms. The monoisotopic (exact) mass is 187 g/mol. The topological polar surface area (TPSA) is 80.4 Å². The average Bonchev–Trinajstić information content (AvgIpc) is 1.87. The summed E-state index contributed by atoms with van der Waals surface area (Å²) >= 11 is 0. The lowest BCUT2D eigenvalue weighted by molar-refractivity contribution is -0.192. The Morgan fingerprint density at radius 1 is 1.58 bits per heavy atom. The molecule has 3 N–H and O–H groups in total. The van der Waals surface area contributed by atoms with Gasteiger partial charge >= 0.3 is 12.1 Å². The third-order valence-electron chi connectivity index (χ3n) is 0.457. The molecule has 0 saturated carbocycles. The molecule has 0 aromatic heterocycles. The van der Waals surface area contributed by atoms with E-state index in [1.54, 1.807) is 6.92 Å². The lowest BCUT2D eigenvalue weighted by atomic mass is 10.4. The normalized spacial score (nSPS) is 12.4. The molecule has 12 heavy (non-hydrogen) atoms. The van der Waals surface area contributed by atoms with Crippen LogP contribution in [0.25, 0.3) is 0 Å². The van der Waals surface area contributed by atoms with Gasteiger partial charge in [-0.2, -0.15) is 13.2 Å². The molecule has 0 heterocycles. The summed E-state index contributed by atoms with van der Waals surface area (Å²) in [5.41, 5.74) is 4.92. The van der Waals surface area contributed by atoms with Crippen LogP contribution in [0.15, 0.2) is 0 Å². The van der Waals surface area contributed by atoms with Gasteiger partial charge in [-0.3, -0.25) is 0 Å². The lowest BCUT2D eigenvalue weighted by Gasteiger charge is -1.93. The highest BCUT2D eigenvalue weighted by Crippen LogP contribution is 2.13. The molecule has 7 heteroatoms. The fraction of sp³-hybridized carbons (Fsp3) is 0.600. The van der Waals surface area contributed by atoms with Crippen molar-refractivity contribution in [1.82, 2.24) is 0 Å². The number of aldehydes is 1. The molecule has 0 saturated heterocycles. The maximum atomic E-state index is 10.6. The van der Waals surface area contributed by atoms with Crippen LogP contribution in [-0.4, -0.2) is 29.6 Å². The van der Waals surface area contributed by atoms with E-state index in [1.807, 2.05) is 0 Å². The largest absolute Gasteiger partial charge is 0.490 e. The zero-order valence-corrected chi connectivity index (χ0v) is 6.13. The molecule has 0 spiro atoms. The molecular formula is C5H8F3NO3. The Labute approximate surface area is 66.2 Å². The van der Waals surface area contributed by atoms with Crippen molar-refractivity contribution in [2.75, 3.05) is 0 Å². The molecule has 0 fully saturated rings. The molecule has 0 aliphatic carbocycles. The highest BCUT2D eigenvalue weighted by atomic mass is 19.4. The molecule has 0 aliphatic rings. The van der Waals surface area contributed by atoms with Gasteiger partial charge in [-0.1, -0.05) is 0 Å². The second-order valence-electron chi connectivity index (χ2n) is 1.80. The van der Waals surface area contributed by atoms with Crippen LogP contribution < -0.4 is 5.73 Å². The van der Waals surface area contributed by atoms with Crippen LogP contribution in [-0.2, 0) is 9.59 Å². The van der Waals surface area contributed by atoms with Crippen LogP contribution in [0, 0.1) is 0 Å². The second kappa shape index (κ2) is 5.53. The van der Waals surface area contributed by atoms with E-state index >= 15 is 0 Å². The minimum atomic E-state index is -5.08. The fourth-order valence-corrected chi connectivity index (χ4v) is 0. The number of hydrogen-bond acceptors (Lipinski definition) is 3. The van der Waals surface area contributed by atoms with Gasteiger partial charge in [0.2, 0.25) is 0 Å². The summed E-state index contributed by atoms with van der Waals surface area (Å²) in [5, 5.41) is 7.12. The average molecular weight is 187 g/mol. The zero-order chi connectivity index (χ0) is 10.4. The van der Waals surface area contributed by atoms with Gasteiger partial charge in [-0.25, -0.2) is 4.79 Å². The number of carbonyl (C=O) groups is 2. The maximum Gasteiger partial charge on any atom is 0.490 e. The number of carboxylic acid groups (broad SMARTS) is 1. The first-order valence-electron chi connectivity index (χ1n) is 2.72. The first-order valence-corrected chi connectivity index (χ1v) is 2.72. The zero-order valence-electron chi connectivity index (χ0n) is 6.13. The van der Waals surface area contributed by atoms with Crippen LogP contribution >= 0.6 is 0 Å². The van der Waals surface area contributed by atoms with Crippen molar-refractivity contribution in [2.45, 2.75) is 19.1 Å². The Balaban J connectivity index is 0. The van der Waals surface area contributed by atoms with Crippen LogP contribution in [0.1, 0.15) is 6.92 Å². The van der Waals surface area contributed by atoms with Gasteiger partial charge < -0.3 is 15.6 Å². The quantitative estimate of drug-likeness (QED) is 0.573. The molecular weight excluding hydrogens is 179 g/mol. The van der Waals surface area contributed by atoms with Gasteiger partial charge in [0.15, 0.2) is 0 Å². The van der Waals surface area contributed by atoms with E-state index in [1.165, 1.54) is 0 Å². The van der Waals surface area contributed by atoms with E-state index in [4.69, 9.17) is 15.6 Å². The van der Waals surface area contributed by atoms with Gasteiger partial charge in [-0.05, 0) is 6.92 Å². The van der Waals surface area contributed by atoms with E-state index in [0.717, 1.165) is 0 Å². The van der Waals surface area contributed by atoms with Gasteiger partial charge in [0, 0.05) is 0 Å². The van der Waals surface area contributed by atoms with Crippen molar-refractivity contribution < 1.29 is 27.9 Å². The Morgan fingerprint density at radius 3 is 1.75 bits per heavy atom. The van der Waals surface area contributed by atoms with Gasteiger partial charge in [0.1, 0.15) is 6.29 Å². The molecule has 1 unspecified atom stereocenters. The summed E-state index contributed by atoms with van der Waals surface area (Å²) in [7, 11) is 0. The highest BCUT2D eigenvalue weighted by molar-refractivity contribution is 5.73. The van der Waals surface area contributed by atoms with E-state index < -0.39 is 12.1 Å². The number of carboxylic acids is 1. The number of halogens is 3. The van der Waals surface area contributed by atoms with Gasteiger partial charge in [0.05, 0.1) is 6.04 Å². The number of aliphatic carboxylic acids is 1. The van der Waals surface area contributed by atoms with E-state index in [2.05, 4.69) is 0 Å². The molecule has 0 rings (SSSR count).